The van der Waals surface area contributed by atoms with Gasteiger partial charge in [0.25, 0.3) is 0 Å². The number of rotatable bonds is 4. The zero-order valence-corrected chi connectivity index (χ0v) is 7.48. The smallest absolute Gasteiger partial charge is 0.0631 e. The van der Waals surface area contributed by atoms with Crippen LogP contribution in [0.2, 0.25) is 0 Å². The molecule has 0 fully saturated rings. The van der Waals surface area contributed by atoms with Crippen molar-refractivity contribution in [2.75, 3.05) is 13.7 Å². The highest BCUT2D eigenvalue weighted by atomic mass is 16.5. The van der Waals surface area contributed by atoms with E-state index in [1.165, 1.54) is 0 Å². The van der Waals surface area contributed by atoms with Crippen molar-refractivity contribution in [2.45, 2.75) is 33.3 Å². The largest absolute Gasteiger partial charge is 0.381 e. The summed E-state index contributed by atoms with van der Waals surface area (Å²) >= 11 is 0. The topological polar surface area (TPSA) is 35.2 Å². The summed E-state index contributed by atoms with van der Waals surface area (Å²) < 4.78 is 5.28. The van der Waals surface area contributed by atoms with Crippen LogP contribution in [0.3, 0.4) is 0 Å². The zero-order chi connectivity index (χ0) is 8.20. The molecular formula is C8H19NO. The molecule has 0 saturated heterocycles. The van der Waals surface area contributed by atoms with Crippen molar-refractivity contribution < 1.29 is 4.74 Å². The molecule has 0 amide bonds. The standard InChI is InChI=1S/C8H19NO/c1-5-7(10-4)8(2,3)6-9/h7H,5-6,9H2,1-4H3. The van der Waals surface area contributed by atoms with Gasteiger partial charge in [0.15, 0.2) is 0 Å². The Morgan fingerprint density at radius 1 is 1.50 bits per heavy atom. The van der Waals surface area contributed by atoms with E-state index in [9.17, 15) is 0 Å². The second-order valence-electron chi connectivity index (χ2n) is 3.33. The van der Waals surface area contributed by atoms with E-state index in [4.69, 9.17) is 10.5 Å². The third-order valence-electron chi connectivity index (χ3n) is 2.05. The molecule has 62 valence electrons. The molecule has 0 aromatic rings. The van der Waals surface area contributed by atoms with E-state index in [2.05, 4.69) is 20.8 Å². The van der Waals surface area contributed by atoms with Gasteiger partial charge < -0.3 is 10.5 Å². The predicted molar refractivity (Wildman–Crippen MR) is 43.9 cm³/mol. The number of nitrogens with two attached hydrogens (primary N) is 1. The van der Waals surface area contributed by atoms with Crippen molar-refractivity contribution >= 4 is 0 Å². The van der Waals surface area contributed by atoms with Crippen molar-refractivity contribution in [3.05, 3.63) is 0 Å². The highest BCUT2D eigenvalue weighted by Gasteiger charge is 2.25. The van der Waals surface area contributed by atoms with Crippen molar-refractivity contribution in [1.29, 1.82) is 0 Å². The predicted octanol–water partition coefficient (Wildman–Crippen LogP) is 1.40. The van der Waals surface area contributed by atoms with Gasteiger partial charge in [-0.3, -0.25) is 0 Å². The maximum absolute atomic E-state index is 5.58. The molecule has 0 aliphatic rings. The maximum atomic E-state index is 5.58. The molecular weight excluding hydrogens is 126 g/mol. The fourth-order valence-electron chi connectivity index (χ4n) is 1.17. The van der Waals surface area contributed by atoms with Crippen LogP contribution in [0, 0.1) is 5.41 Å². The average Bonchev–Trinajstić information content (AvgIpc) is 1.90. The lowest BCUT2D eigenvalue weighted by atomic mass is 9.85. The maximum Gasteiger partial charge on any atom is 0.0631 e. The van der Waals surface area contributed by atoms with Crippen molar-refractivity contribution in [2.24, 2.45) is 11.1 Å². The molecule has 0 saturated carbocycles. The Morgan fingerprint density at radius 2 is 2.00 bits per heavy atom. The molecule has 0 aliphatic heterocycles. The number of ether oxygens (including phenoxy) is 1. The second kappa shape index (κ2) is 3.94. The van der Waals surface area contributed by atoms with Crippen LogP contribution in [-0.2, 0) is 4.74 Å². The van der Waals surface area contributed by atoms with Gasteiger partial charge in [0.1, 0.15) is 0 Å². The Hall–Kier alpha value is -0.0800. The fraction of sp³-hybridized carbons (Fsp3) is 1.00. The zero-order valence-electron chi connectivity index (χ0n) is 7.48. The Bertz CT molecular complexity index is 87.3. The van der Waals surface area contributed by atoms with E-state index in [1.54, 1.807) is 7.11 Å². The van der Waals surface area contributed by atoms with Gasteiger partial charge in [0, 0.05) is 12.5 Å². The summed E-state index contributed by atoms with van der Waals surface area (Å²) in [4.78, 5) is 0. The minimum absolute atomic E-state index is 0.115. The number of hydrogen-bond donors (Lipinski definition) is 1. The molecule has 2 nitrogen and oxygen atoms in total. The van der Waals surface area contributed by atoms with Gasteiger partial charge in [-0.25, -0.2) is 0 Å². The van der Waals surface area contributed by atoms with Crippen LogP contribution in [0.5, 0.6) is 0 Å². The molecule has 0 aromatic carbocycles. The Labute approximate surface area is 63.7 Å². The first kappa shape index (κ1) is 9.92. The minimum atomic E-state index is 0.115. The summed E-state index contributed by atoms with van der Waals surface area (Å²) in [6.07, 6.45) is 1.32. The molecule has 10 heavy (non-hydrogen) atoms. The molecule has 0 radical (unpaired) electrons. The van der Waals surface area contributed by atoms with Gasteiger partial charge >= 0.3 is 0 Å². The molecule has 1 unspecified atom stereocenters. The fourth-order valence-corrected chi connectivity index (χ4v) is 1.17. The molecule has 0 heterocycles. The Morgan fingerprint density at radius 3 is 2.10 bits per heavy atom. The van der Waals surface area contributed by atoms with Gasteiger partial charge in [-0.05, 0) is 13.0 Å². The number of hydrogen-bond acceptors (Lipinski definition) is 2. The molecule has 0 bridgehead atoms. The molecule has 0 aromatic heterocycles. The van der Waals surface area contributed by atoms with E-state index in [1.807, 2.05) is 0 Å². The quantitative estimate of drug-likeness (QED) is 0.649. The molecule has 1 atom stereocenters. The van der Waals surface area contributed by atoms with E-state index in [-0.39, 0.29) is 11.5 Å². The van der Waals surface area contributed by atoms with Crippen LogP contribution in [-0.4, -0.2) is 19.8 Å². The van der Waals surface area contributed by atoms with E-state index in [0.717, 1.165) is 6.42 Å². The lowest BCUT2D eigenvalue weighted by Gasteiger charge is -2.30. The van der Waals surface area contributed by atoms with Gasteiger partial charge in [-0.1, -0.05) is 20.8 Å². The van der Waals surface area contributed by atoms with Crippen molar-refractivity contribution in [3.8, 4) is 0 Å². The van der Waals surface area contributed by atoms with Crippen LogP contribution in [0.4, 0.5) is 0 Å². The van der Waals surface area contributed by atoms with Gasteiger partial charge in [-0.2, -0.15) is 0 Å². The SMILES string of the molecule is CCC(OC)C(C)(C)CN. The Kier molecular flexibility index (Phi) is 3.91. The van der Waals surface area contributed by atoms with Gasteiger partial charge in [-0.15, -0.1) is 0 Å². The molecule has 0 spiro atoms. The molecule has 2 heteroatoms. The summed E-state index contributed by atoms with van der Waals surface area (Å²) in [6.45, 7) is 7.06. The first-order valence-electron chi connectivity index (χ1n) is 3.81. The molecule has 0 rings (SSSR count). The van der Waals surface area contributed by atoms with Crippen LogP contribution in [0.25, 0.3) is 0 Å². The second-order valence-corrected chi connectivity index (χ2v) is 3.33. The van der Waals surface area contributed by atoms with E-state index in [0.29, 0.717) is 6.54 Å². The summed E-state index contributed by atoms with van der Waals surface area (Å²) in [7, 11) is 1.74. The van der Waals surface area contributed by atoms with Crippen LogP contribution in [0.1, 0.15) is 27.2 Å². The molecule has 0 aliphatic carbocycles. The summed E-state index contributed by atoms with van der Waals surface area (Å²) in [5, 5.41) is 0. The van der Waals surface area contributed by atoms with Crippen molar-refractivity contribution in [3.63, 3.8) is 0 Å². The van der Waals surface area contributed by atoms with Crippen molar-refractivity contribution in [1.82, 2.24) is 0 Å². The highest BCUT2D eigenvalue weighted by molar-refractivity contribution is 4.78. The Balaban J connectivity index is 3.97. The first-order chi connectivity index (χ1) is 4.58. The van der Waals surface area contributed by atoms with Crippen LogP contribution in [0.15, 0.2) is 0 Å². The van der Waals surface area contributed by atoms with Crippen LogP contribution < -0.4 is 5.73 Å². The summed E-state index contributed by atoms with van der Waals surface area (Å²) in [5.41, 5.74) is 5.69. The molecule has 2 N–H and O–H groups in total. The lowest BCUT2D eigenvalue weighted by Crippen LogP contribution is -2.37. The monoisotopic (exact) mass is 145 g/mol. The van der Waals surface area contributed by atoms with Gasteiger partial charge in [0.2, 0.25) is 0 Å². The van der Waals surface area contributed by atoms with Gasteiger partial charge in [0.05, 0.1) is 6.10 Å². The van der Waals surface area contributed by atoms with E-state index >= 15 is 0 Å². The summed E-state index contributed by atoms with van der Waals surface area (Å²) in [5.74, 6) is 0. The van der Waals surface area contributed by atoms with E-state index < -0.39 is 0 Å². The lowest BCUT2D eigenvalue weighted by molar-refractivity contribution is 0.00922. The third kappa shape index (κ3) is 2.27. The van der Waals surface area contributed by atoms with Crippen LogP contribution >= 0.6 is 0 Å². The highest BCUT2D eigenvalue weighted by Crippen LogP contribution is 2.23. The number of methoxy groups -OCH3 is 1. The minimum Gasteiger partial charge on any atom is -0.381 e. The first-order valence-corrected chi connectivity index (χ1v) is 3.81. The third-order valence-corrected chi connectivity index (χ3v) is 2.05. The normalized spacial score (nSPS) is 15.3. The average molecular weight is 145 g/mol. The summed E-state index contributed by atoms with van der Waals surface area (Å²) in [6, 6.07) is 0.